The molecule has 5 nitrogen and oxygen atoms in total. The molecule has 2 aromatic rings. The summed E-state index contributed by atoms with van der Waals surface area (Å²) in [5.41, 5.74) is 2.30. The Bertz CT molecular complexity index is 856. The second-order valence-electron chi connectivity index (χ2n) is 6.47. The van der Waals surface area contributed by atoms with Crippen LogP contribution in [0, 0.1) is 0 Å². The van der Waals surface area contributed by atoms with Gasteiger partial charge in [0, 0.05) is 10.6 Å². The minimum atomic E-state index is -0.347. The second kappa shape index (κ2) is 7.66. The number of hydrogen-bond acceptors (Lipinski definition) is 2. The number of fused-ring (bicyclic) bond motifs is 1. The smallest absolute Gasteiger partial charge is 0.285 e. The first kappa shape index (κ1) is 18.7. The summed E-state index contributed by atoms with van der Waals surface area (Å²) in [7, 11) is 1.93. The normalized spacial score (nSPS) is 15.8. The summed E-state index contributed by atoms with van der Waals surface area (Å²) >= 11 is 12.2. The number of hydrogen-bond donors (Lipinski definition) is 2. The van der Waals surface area contributed by atoms with E-state index in [1.165, 1.54) is 0 Å². The number of nitrogens with one attached hydrogen (secondary N) is 2. The van der Waals surface area contributed by atoms with Gasteiger partial charge in [0.25, 0.3) is 5.91 Å². The molecule has 7 heteroatoms. The number of carbonyl (C=O) groups excluding carboxylic acids is 2. The molecule has 3 rings (SSSR count). The number of carbonyl (C=O) groups is 2. The van der Waals surface area contributed by atoms with E-state index >= 15 is 0 Å². The molecule has 0 saturated carbocycles. The molecular formula is C19H20Cl2N3O2+. The van der Waals surface area contributed by atoms with Crippen molar-refractivity contribution in [3.05, 3.63) is 58.1 Å². The van der Waals surface area contributed by atoms with Crippen molar-refractivity contribution >= 4 is 46.4 Å². The highest BCUT2D eigenvalue weighted by molar-refractivity contribution is 6.35. The van der Waals surface area contributed by atoms with Crippen LogP contribution in [0.25, 0.3) is 0 Å². The van der Waals surface area contributed by atoms with E-state index in [9.17, 15) is 9.59 Å². The van der Waals surface area contributed by atoms with Crippen LogP contribution in [0.15, 0.2) is 42.5 Å². The Labute approximate surface area is 162 Å². The van der Waals surface area contributed by atoms with Gasteiger partial charge in [-0.25, -0.2) is 0 Å². The quantitative estimate of drug-likeness (QED) is 0.838. The lowest BCUT2D eigenvalue weighted by molar-refractivity contribution is -0.908. The molecule has 0 spiro atoms. The molecule has 2 aromatic carbocycles. The van der Waals surface area contributed by atoms with Crippen LogP contribution >= 0.6 is 23.2 Å². The number of amides is 2. The van der Waals surface area contributed by atoms with Gasteiger partial charge in [0.2, 0.25) is 5.91 Å². The molecule has 0 radical (unpaired) electrons. The molecule has 136 valence electrons. The van der Waals surface area contributed by atoms with Crippen molar-refractivity contribution in [2.45, 2.75) is 19.5 Å². The minimum Gasteiger partial charge on any atom is -0.324 e. The largest absolute Gasteiger partial charge is 0.324 e. The molecule has 2 amide bonds. The first-order chi connectivity index (χ1) is 12.4. The molecular weight excluding hydrogens is 373 g/mol. The van der Waals surface area contributed by atoms with Gasteiger partial charge in [0.05, 0.1) is 23.4 Å². The van der Waals surface area contributed by atoms with Crippen molar-refractivity contribution in [1.29, 1.82) is 0 Å². The van der Waals surface area contributed by atoms with Gasteiger partial charge in [-0.15, -0.1) is 0 Å². The zero-order chi connectivity index (χ0) is 18.8. The third-order valence-electron chi connectivity index (χ3n) is 4.63. The van der Waals surface area contributed by atoms with Gasteiger partial charge in [-0.3, -0.25) is 14.5 Å². The zero-order valence-electron chi connectivity index (χ0n) is 14.6. The SMILES string of the molecule is C[C@H](C(=O)N1CC(=O)Nc2ccccc21)[NH+](C)Cc1ccc(Cl)cc1Cl. The summed E-state index contributed by atoms with van der Waals surface area (Å²) in [6.45, 7) is 2.45. The highest BCUT2D eigenvalue weighted by atomic mass is 35.5. The molecule has 0 aromatic heterocycles. The first-order valence-corrected chi connectivity index (χ1v) is 9.09. The van der Waals surface area contributed by atoms with Gasteiger partial charge in [-0.2, -0.15) is 0 Å². The first-order valence-electron chi connectivity index (χ1n) is 8.33. The Morgan fingerprint density at radius 3 is 2.73 bits per heavy atom. The minimum absolute atomic E-state index is 0.0230. The average molecular weight is 393 g/mol. The number of halogens is 2. The van der Waals surface area contributed by atoms with Crippen LogP contribution in [0.3, 0.4) is 0 Å². The lowest BCUT2D eigenvalue weighted by Gasteiger charge is -2.32. The number of rotatable bonds is 4. The monoisotopic (exact) mass is 392 g/mol. The molecule has 2 atom stereocenters. The maximum Gasteiger partial charge on any atom is 0.285 e. The number of nitrogens with zero attached hydrogens (tertiary/aromatic N) is 1. The van der Waals surface area contributed by atoms with Crippen LogP contribution in [-0.2, 0) is 16.1 Å². The summed E-state index contributed by atoms with van der Waals surface area (Å²) < 4.78 is 0. The van der Waals surface area contributed by atoms with Crippen LogP contribution in [0.1, 0.15) is 12.5 Å². The van der Waals surface area contributed by atoms with Crippen LogP contribution in [-0.4, -0.2) is 31.4 Å². The predicted octanol–water partition coefficient (Wildman–Crippen LogP) is 2.38. The highest BCUT2D eigenvalue weighted by Crippen LogP contribution is 2.29. The van der Waals surface area contributed by atoms with Gasteiger partial charge in [-0.1, -0.05) is 41.4 Å². The van der Waals surface area contributed by atoms with Crippen molar-refractivity contribution in [2.75, 3.05) is 23.8 Å². The molecule has 2 N–H and O–H groups in total. The fourth-order valence-corrected chi connectivity index (χ4v) is 3.47. The Morgan fingerprint density at radius 1 is 1.27 bits per heavy atom. The molecule has 0 aliphatic carbocycles. The molecule has 0 fully saturated rings. The van der Waals surface area contributed by atoms with Crippen LogP contribution in [0.5, 0.6) is 0 Å². The molecule has 0 saturated heterocycles. The molecule has 1 unspecified atom stereocenters. The van der Waals surface area contributed by atoms with E-state index < -0.39 is 0 Å². The Kier molecular flexibility index (Phi) is 5.51. The number of quaternary nitrogens is 1. The van der Waals surface area contributed by atoms with Gasteiger partial charge in [0.1, 0.15) is 13.1 Å². The van der Waals surface area contributed by atoms with Gasteiger partial charge in [-0.05, 0) is 31.2 Å². The van der Waals surface area contributed by atoms with Gasteiger partial charge in [0.15, 0.2) is 6.04 Å². The summed E-state index contributed by atoms with van der Waals surface area (Å²) in [6.07, 6.45) is 0. The van der Waals surface area contributed by atoms with E-state index in [0.717, 1.165) is 16.2 Å². The van der Waals surface area contributed by atoms with Crippen molar-refractivity contribution < 1.29 is 14.5 Å². The standard InChI is InChI=1S/C19H19Cl2N3O2/c1-12(23(2)10-13-7-8-14(20)9-15(13)21)19(26)24-11-18(25)22-16-5-3-4-6-17(16)24/h3-9,12H,10-11H2,1-2H3,(H,22,25)/p+1/t12-/m1/s1. The number of anilines is 2. The Hall–Kier alpha value is -2.08. The summed E-state index contributed by atoms with van der Waals surface area (Å²) in [4.78, 5) is 27.5. The Balaban J connectivity index is 1.78. The zero-order valence-corrected chi connectivity index (χ0v) is 16.1. The van der Waals surface area contributed by atoms with Crippen LogP contribution < -0.4 is 15.1 Å². The number of likely N-dealkylation sites (N-methyl/N-ethyl adjacent to an activating group) is 1. The second-order valence-corrected chi connectivity index (χ2v) is 7.31. The third kappa shape index (κ3) is 3.85. The third-order valence-corrected chi connectivity index (χ3v) is 5.22. The molecule has 1 aliphatic heterocycles. The molecule has 1 heterocycles. The van der Waals surface area contributed by atoms with E-state index in [2.05, 4.69) is 5.32 Å². The van der Waals surface area contributed by atoms with Crippen molar-refractivity contribution in [3.63, 3.8) is 0 Å². The van der Waals surface area contributed by atoms with E-state index in [1.54, 1.807) is 23.1 Å². The molecule has 1 aliphatic rings. The summed E-state index contributed by atoms with van der Waals surface area (Å²) in [5, 5.41) is 3.96. The van der Waals surface area contributed by atoms with E-state index in [1.807, 2.05) is 38.2 Å². The summed E-state index contributed by atoms with van der Waals surface area (Å²) in [6, 6.07) is 12.3. The maximum atomic E-state index is 13.0. The fraction of sp³-hybridized carbons (Fsp3) is 0.263. The van der Waals surface area contributed by atoms with Gasteiger partial charge < -0.3 is 10.2 Å². The van der Waals surface area contributed by atoms with Crippen LogP contribution in [0.2, 0.25) is 10.0 Å². The maximum absolute atomic E-state index is 13.0. The van der Waals surface area contributed by atoms with Crippen LogP contribution in [0.4, 0.5) is 11.4 Å². The molecule has 0 bridgehead atoms. The van der Waals surface area contributed by atoms with Crippen molar-refractivity contribution in [3.8, 4) is 0 Å². The van der Waals surface area contributed by atoms with Crippen molar-refractivity contribution in [1.82, 2.24) is 0 Å². The van der Waals surface area contributed by atoms with E-state index in [-0.39, 0.29) is 24.4 Å². The van der Waals surface area contributed by atoms with Gasteiger partial charge >= 0.3 is 0 Å². The topological polar surface area (TPSA) is 53.9 Å². The van der Waals surface area contributed by atoms with E-state index in [0.29, 0.717) is 22.3 Å². The predicted molar refractivity (Wildman–Crippen MR) is 104 cm³/mol. The number of para-hydroxylation sites is 2. The lowest BCUT2D eigenvalue weighted by Crippen LogP contribution is -3.12. The number of benzene rings is 2. The highest BCUT2D eigenvalue weighted by Gasteiger charge is 2.33. The average Bonchev–Trinajstić information content (AvgIpc) is 2.62. The van der Waals surface area contributed by atoms with E-state index in [4.69, 9.17) is 23.2 Å². The molecule has 26 heavy (non-hydrogen) atoms. The summed E-state index contributed by atoms with van der Waals surface area (Å²) in [5.74, 6) is -0.294. The lowest BCUT2D eigenvalue weighted by atomic mass is 10.1. The van der Waals surface area contributed by atoms with Crippen molar-refractivity contribution in [2.24, 2.45) is 0 Å². The Morgan fingerprint density at radius 2 is 2.00 bits per heavy atom. The fourth-order valence-electron chi connectivity index (χ4n) is 2.99.